The molecule has 0 aliphatic rings. The fraction of sp³-hybridized carbons (Fsp3) is 0.176. The van der Waals surface area contributed by atoms with Gasteiger partial charge in [-0.15, -0.1) is 0 Å². The third-order valence-corrected chi connectivity index (χ3v) is 3.26. The summed E-state index contributed by atoms with van der Waals surface area (Å²) in [4.78, 5) is 15.9. The van der Waals surface area contributed by atoms with E-state index in [9.17, 15) is 4.79 Å². The van der Waals surface area contributed by atoms with Crippen LogP contribution in [0.1, 0.15) is 16.7 Å². The number of halogens is 1. The van der Waals surface area contributed by atoms with Crippen molar-refractivity contribution >= 4 is 22.6 Å². The number of carbonyl (C=O) groups excluding carboxylic acids is 1. The van der Waals surface area contributed by atoms with Crippen LogP contribution in [0.4, 0.5) is 0 Å². The van der Waals surface area contributed by atoms with Gasteiger partial charge in [0.15, 0.2) is 5.71 Å². The molecule has 0 saturated carbocycles. The summed E-state index contributed by atoms with van der Waals surface area (Å²) in [6.07, 6.45) is 0. The molecular weight excluding hydrogens is 302 g/mol. The van der Waals surface area contributed by atoms with Crippen LogP contribution in [-0.4, -0.2) is 18.1 Å². The molecule has 0 fully saturated rings. The third-order valence-electron chi connectivity index (χ3n) is 3.08. The zero-order valence-electron chi connectivity index (χ0n) is 12.4. The number of carbonyl (C=O) groups is 1. The lowest BCUT2D eigenvalue weighted by Crippen LogP contribution is -2.10. The van der Waals surface area contributed by atoms with Crippen molar-refractivity contribution in [3.63, 3.8) is 0 Å². The monoisotopic (exact) mass is 317 g/mol. The van der Waals surface area contributed by atoms with E-state index < -0.39 is 5.24 Å². The molecule has 0 aromatic heterocycles. The largest absolute Gasteiger partial charge is 0.489 e. The van der Waals surface area contributed by atoms with Gasteiger partial charge in [-0.3, -0.25) is 4.79 Å². The van der Waals surface area contributed by atoms with Gasteiger partial charge in [-0.1, -0.05) is 47.6 Å². The number of nitrogens with zero attached hydrogens (tertiary/aromatic N) is 1. The molecule has 0 heterocycles. The molecule has 0 aliphatic heterocycles. The van der Waals surface area contributed by atoms with Crippen LogP contribution in [0.3, 0.4) is 0 Å². The average Bonchev–Trinajstić information content (AvgIpc) is 2.52. The molecular formula is C17H16ClNO3. The van der Waals surface area contributed by atoms with E-state index in [-0.39, 0.29) is 5.71 Å². The smallest absolute Gasteiger partial charge is 0.274 e. The molecule has 22 heavy (non-hydrogen) atoms. The number of rotatable bonds is 6. The lowest BCUT2D eigenvalue weighted by atomic mass is 10.1. The number of para-hydroxylation sites is 1. The Hall–Kier alpha value is -2.33. The lowest BCUT2D eigenvalue weighted by Gasteiger charge is -2.09. The first-order valence-corrected chi connectivity index (χ1v) is 7.08. The molecule has 2 rings (SSSR count). The van der Waals surface area contributed by atoms with Crippen LogP contribution in [0, 0.1) is 6.92 Å². The van der Waals surface area contributed by atoms with E-state index in [0.717, 1.165) is 16.9 Å². The number of aryl methyl sites for hydroxylation is 1. The van der Waals surface area contributed by atoms with Crippen molar-refractivity contribution in [3.05, 3.63) is 65.2 Å². The van der Waals surface area contributed by atoms with E-state index in [1.165, 1.54) is 7.11 Å². The molecule has 0 atom stereocenters. The molecule has 0 amide bonds. The first-order chi connectivity index (χ1) is 10.6. The maximum atomic E-state index is 11.3. The van der Waals surface area contributed by atoms with Crippen molar-refractivity contribution in [3.8, 4) is 5.75 Å². The Kier molecular flexibility index (Phi) is 5.55. The number of hydrogen-bond donors (Lipinski definition) is 0. The fourth-order valence-electron chi connectivity index (χ4n) is 1.93. The van der Waals surface area contributed by atoms with Crippen molar-refractivity contribution < 1.29 is 14.4 Å². The Morgan fingerprint density at radius 3 is 2.41 bits per heavy atom. The Balaban J connectivity index is 2.08. The van der Waals surface area contributed by atoms with E-state index in [2.05, 4.69) is 9.99 Å². The normalized spacial score (nSPS) is 11.1. The zero-order chi connectivity index (χ0) is 15.9. The van der Waals surface area contributed by atoms with Crippen LogP contribution in [0.2, 0.25) is 0 Å². The van der Waals surface area contributed by atoms with Gasteiger partial charge >= 0.3 is 0 Å². The van der Waals surface area contributed by atoms with Crippen LogP contribution in [0.15, 0.2) is 53.7 Å². The highest BCUT2D eigenvalue weighted by molar-refractivity contribution is 6.83. The molecule has 0 radical (unpaired) electrons. The Morgan fingerprint density at radius 2 is 1.82 bits per heavy atom. The van der Waals surface area contributed by atoms with Crippen molar-refractivity contribution in [2.45, 2.75) is 13.5 Å². The van der Waals surface area contributed by atoms with Crippen molar-refractivity contribution in [1.82, 2.24) is 0 Å². The minimum Gasteiger partial charge on any atom is -0.489 e. The molecule has 0 unspecified atom stereocenters. The molecule has 4 nitrogen and oxygen atoms in total. The second kappa shape index (κ2) is 7.61. The molecule has 0 spiro atoms. The number of benzene rings is 2. The summed E-state index contributed by atoms with van der Waals surface area (Å²) in [6.45, 7) is 2.44. The molecule has 0 bridgehead atoms. The lowest BCUT2D eigenvalue weighted by molar-refractivity contribution is -0.106. The van der Waals surface area contributed by atoms with Gasteiger partial charge in [-0.2, -0.15) is 0 Å². The predicted octanol–water partition coefficient (Wildman–Crippen LogP) is 3.69. The zero-order valence-corrected chi connectivity index (χ0v) is 13.1. The van der Waals surface area contributed by atoms with Gasteiger partial charge < -0.3 is 9.57 Å². The molecule has 0 aliphatic carbocycles. The predicted molar refractivity (Wildman–Crippen MR) is 86.4 cm³/mol. The van der Waals surface area contributed by atoms with Crippen LogP contribution >= 0.6 is 11.6 Å². The quantitative estimate of drug-likeness (QED) is 0.464. The summed E-state index contributed by atoms with van der Waals surface area (Å²) in [7, 11) is 1.37. The van der Waals surface area contributed by atoms with Crippen LogP contribution < -0.4 is 4.74 Å². The molecule has 0 saturated heterocycles. The van der Waals surface area contributed by atoms with Crippen LogP contribution in [-0.2, 0) is 16.2 Å². The summed E-state index contributed by atoms with van der Waals surface area (Å²) >= 11 is 5.48. The summed E-state index contributed by atoms with van der Waals surface area (Å²) < 4.78 is 5.77. The molecule has 2 aromatic carbocycles. The Labute approximate surface area is 134 Å². The van der Waals surface area contributed by atoms with Crippen molar-refractivity contribution in [2.24, 2.45) is 5.16 Å². The highest BCUT2D eigenvalue weighted by Crippen LogP contribution is 2.18. The van der Waals surface area contributed by atoms with Gasteiger partial charge in [0, 0.05) is 5.56 Å². The number of hydrogen-bond acceptors (Lipinski definition) is 4. The second-order valence-corrected chi connectivity index (χ2v) is 4.99. The SMILES string of the molecule is CO/N=C(/C(=O)Cl)c1ccc(COc2ccccc2C)cc1. The molecule has 0 N–H and O–H groups in total. The molecule has 2 aromatic rings. The standard InChI is InChI=1S/C17H16ClNO3/c1-12-5-3-4-6-15(12)22-11-13-7-9-14(10-8-13)16(17(18)20)19-21-2/h3-10H,11H2,1-2H3/b19-16+. The highest BCUT2D eigenvalue weighted by atomic mass is 35.5. The minimum absolute atomic E-state index is 0.0792. The van der Waals surface area contributed by atoms with Crippen molar-refractivity contribution in [2.75, 3.05) is 7.11 Å². The molecule has 114 valence electrons. The van der Waals surface area contributed by atoms with Gasteiger partial charge in [0.2, 0.25) is 0 Å². The highest BCUT2D eigenvalue weighted by Gasteiger charge is 2.12. The van der Waals surface area contributed by atoms with Gasteiger partial charge in [0.1, 0.15) is 19.5 Å². The van der Waals surface area contributed by atoms with Gasteiger partial charge in [0.25, 0.3) is 5.24 Å². The summed E-state index contributed by atoms with van der Waals surface area (Å²) in [5, 5.41) is 2.97. The van der Waals surface area contributed by atoms with Crippen molar-refractivity contribution in [1.29, 1.82) is 0 Å². The summed E-state index contributed by atoms with van der Waals surface area (Å²) in [5.74, 6) is 0.851. The maximum Gasteiger partial charge on any atom is 0.274 e. The number of oxime groups is 1. The summed E-state index contributed by atoms with van der Waals surface area (Å²) in [6, 6.07) is 15.1. The van der Waals surface area contributed by atoms with Crippen LogP contribution in [0.5, 0.6) is 5.75 Å². The van der Waals surface area contributed by atoms with Gasteiger partial charge in [-0.05, 0) is 35.7 Å². The Morgan fingerprint density at radius 1 is 1.14 bits per heavy atom. The first kappa shape index (κ1) is 16.0. The molecule has 5 heteroatoms. The van der Waals surface area contributed by atoms with E-state index in [1.807, 2.05) is 43.3 Å². The number of ether oxygens (including phenoxy) is 1. The van der Waals surface area contributed by atoms with E-state index >= 15 is 0 Å². The third kappa shape index (κ3) is 4.09. The van der Waals surface area contributed by atoms with Crippen LogP contribution in [0.25, 0.3) is 0 Å². The average molecular weight is 318 g/mol. The van der Waals surface area contributed by atoms with E-state index in [4.69, 9.17) is 16.3 Å². The van der Waals surface area contributed by atoms with Gasteiger partial charge in [0.05, 0.1) is 0 Å². The maximum absolute atomic E-state index is 11.3. The first-order valence-electron chi connectivity index (χ1n) is 6.70. The van der Waals surface area contributed by atoms with E-state index in [0.29, 0.717) is 12.2 Å². The second-order valence-electron chi connectivity index (χ2n) is 4.65. The minimum atomic E-state index is -0.661. The topological polar surface area (TPSA) is 47.9 Å². The van der Waals surface area contributed by atoms with Gasteiger partial charge in [-0.25, -0.2) is 0 Å². The van der Waals surface area contributed by atoms with E-state index in [1.54, 1.807) is 12.1 Å². The Bertz CT molecular complexity index is 681. The fourth-order valence-corrected chi connectivity index (χ4v) is 2.08. The summed E-state index contributed by atoms with van der Waals surface area (Å²) in [5.41, 5.74) is 2.74.